The van der Waals surface area contributed by atoms with E-state index in [2.05, 4.69) is 0 Å². The molecule has 1 unspecified atom stereocenters. The van der Waals surface area contributed by atoms with Crippen molar-refractivity contribution in [1.82, 2.24) is 0 Å². The smallest absolute Gasteiger partial charge is 0.219 e. The highest BCUT2D eigenvalue weighted by atomic mass is 19.2. The molecule has 0 aliphatic heterocycles. The van der Waals surface area contributed by atoms with E-state index in [1.807, 2.05) is 0 Å². The molecule has 0 amide bonds. The summed E-state index contributed by atoms with van der Waals surface area (Å²) in [6.07, 6.45) is 3.59. The predicted octanol–water partition coefficient (Wildman–Crippen LogP) is 2.03. The molecular weight excluding hydrogens is 136 g/mol. The third kappa shape index (κ3) is 0.926. The lowest BCUT2D eigenvalue weighted by Gasteiger charge is -2.14. The van der Waals surface area contributed by atoms with Crippen LogP contribution in [0.2, 0.25) is 0 Å². The van der Waals surface area contributed by atoms with Crippen molar-refractivity contribution < 1.29 is 8.78 Å². The summed E-state index contributed by atoms with van der Waals surface area (Å²) in [6.45, 7) is 0. The molecule has 3 heteroatoms. The van der Waals surface area contributed by atoms with Crippen molar-refractivity contribution >= 4 is 0 Å². The second kappa shape index (κ2) is 2.22. The van der Waals surface area contributed by atoms with Crippen LogP contribution in [0.4, 0.5) is 8.78 Å². The first-order chi connectivity index (χ1) is 4.69. The molecule has 1 nitrogen and oxygen atoms in total. The largest absolute Gasteiger partial charge is 0.250 e. The maximum absolute atomic E-state index is 12.8. The number of nitrogens with zero attached hydrogens (tertiary/aromatic N) is 1. The molecule has 0 aromatic carbocycles. The van der Waals surface area contributed by atoms with Crippen molar-refractivity contribution in [3.8, 4) is 6.07 Å². The molecule has 0 bridgehead atoms. The van der Waals surface area contributed by atoms with Gasteiger partial charge in [0, 0.05) is 6.42 Å². The highest BCUT2D eigenvalue weighted by Gasteiger charge is 2.35. The van der Waals surface area contributed by atoms with E-state index in [0.717, 1.165) is 6.08 Å². The Morgan fingerprint density at radius 3 is 2.80 bits per heavy atom. The molecule has 0 saturated carbocycles. The number of nitriles is 1. The van der Waals surface area contributed by atoms with Crippen molar-refractivity contribution in [3.05, 3.63) is 24.1 Å². The summed E-state index contributed by atoms with van der Waals surface area (Å²) in [5, 5.41) is 8.18. The van der Waals surface area contributed by atoms with E-state index >= 15 is 0 Å². The minimum atomic E-state index is -2.41. The maximum atomic E-state index is 12.8. The zero-order valence-corrected chi connectivity index (χ0v) is 5.14. The second-order valence-electron chi connectivity index (χ2n) is 2.06. The predicted molar refractivity (Wildman–Crippen MR) is 32.4 cm³/mol. The Morgan fingerprint density at radius 2 is 2.40 bits per heavy atom. The Hall–Kier alpha value is -1.17. The van der Waals surface area contributed by atoms with Crippen LogP contribution in [0.3, 0.4) is 0 Å². The second-order valence-corrected chi connectivity index (χ2v) is 2.06. The van der Waals surface area contributed by atoms with E-state index in [1.165, 1.54) is 18.2 Å². The summed E-state index contributed by atoms with van der Waals surface area (Å²) < 4.78 is 25.3. The SMILES string of the molecule is N#CC1(F)CC=CC=C1F. The van der Waals surface area contributed by atoms with Crippen LogP contribution in [0.15, 0.2) is 24.1 Å². The van der Waals surface area contributed by atoms with Gasteiger partial charge in [-0.3, -0.25) is 0 Å². The van der Waals surface area contributed by atoms with Gasteiger partial charge in [0.25, 0.3) is 0 Å². The molecule has 0 N–H and O–H groups in total. The fourth-order valence-electron chi connectivity index (χ4n) is 0.712. The van der Waals surface area contributed by atoms with Gasteiger partial charge in [0.1, 0.15) is 6.07 Å². The van der Waals surface area contributed by atoms with E-state index in [4.69, 9.17) is 5.26 Å². The molecule has 1 rings (SSSR count). The summed E-state index contributed by atoms with van der Waals surface area (Å²) in [5.41, 5.74) is -2.41. The third-order valence-corrected chi connectivity index (χ3v) is 1.33. The van der Waals surface area contributed by atoms with Crippen molar-refractivity contribution in [2.45, 2.75) is 12.1 Å². The molecular formula is C7H5F2N. The normalized spacial score (nSPS) is 31.1. The van der Waals surface area contributed by atoms with E-state index in [-0.39, 0.29) is 6.42 Å². The zero-order chi connectivity index (χ0) is 7.61. The minimum Gasteiger partial charge on any atom is -0.219 e. The average molecular weight is 141 g/mol. The van der Waals surface area contributed by atoms with Gasteiger partial charge in [-0.25, -0.2) is 8.78 Å². The Morgan fingerprint density at radius 1 is 1.70 bits per heavy atom. The highest BCUT2D eigenvalue weighted by Crippen LogP contribution is 2.29. The number of allylic oxidation sites excluding steroid dienone is 4. The number of hydrogen-bond acceptors (Lipinski definition) is 1. The topological polar surface area (TPSA) is 23.8 Å². The van der Waals surface area contributed by atoms with Gasteiger partial charge in [-0.2, -0.15) is 5.26 Å². The van der Waals surface area contributed by atoms with Gasteiger partial charge < -0.3 is 0 Å². The van der Waals surface area contributed by atoms with Gasteiger partial charge in [0.05, 0.1) is 0 Å². The molecule has 1 aliphatic rings. The van der Waals surface area contributed by atoms with Gasteiger partial charge in [-0.05, 0) is 6.08 Å². The Kier molecular flexibility index (Phi) is 1.54. The first-order valence-electron chi connectivity index (χ1n) is 2.82. The highest BCUT2D eigenvalue weighted by molar-refractivity contribution is 5.30. The average Bonchev–Trinajstić information content (AvgIpc) is 1.96. The van der Waals surface area contributed by atoms with Crippen LogP contribution in [0.5, 0.6) is 0 Å². The first-order valence-corrected chi connectivity index (χ1v) is 2.82. The van der Waals surface area contributed by atoms with E-state index in [0.29, 0.717) is 0 Å². The summed E-state index contributed by atoms with van der Waals surface area (Å²) in [5.74, 6) is -1.00. The van der Waals surface area contributed by atoms with Crippen molar-refractivity contribution in [2.24, 2.45) is 0 Å². The fraction of sp³-hybridized carbons (Fsp3) is 0.286. The van der Waals surface area contributed by atoms with Gasteiger partial charge in [0.2, 0.25) is 5.67 Å². The first kappa shape index (κ1) is 6.94. The van der Waals surface area contributed by atoms with Gasteiger partial charge in [0.15, 0.2) is 5.83 Å². The van der Waals surface area contributed by atoms with Gasteiger partial charge in [-0.1, -0.05) is 12.2 Å². The van der Waals surface area contributed by atoms with Crippen molar-refractivity contribution in [2.75, 3.05) is 0 Å². The molecule has 0 fully saturated rings. The fourth-order valence-corrected chi connectivity index (χ4v) is 0.712. The van der Waals surface area contributed by atoms with Crippen LogP contribution in [0, 0.1) is 11.3 Å². The molecule has 0 aromatic heterocycles. The van der Waals surface area contributed by atoms with E-state index in [9.17, 15) is 8.78 Å². The quantitative estimate of drug-likeness (QED) is 0.506. The molecule has 10 heavy (non-hydrogen) atoms. The molecule has 0 aromatic rings. The molecule has 0 spiro atoms. The minimum absolute atomic E-state index is 0.189. The van der Waals surface area contributed by atoms with Crippen LogP contribution in [0.25, 0.3) is 0 Å². The van der Waals surface area contributed by atoms with Gasteiger partial charge in [-0.15, -0.1) is 0 Å². The summed E-state index contributed by atoms with van der Waals surface area (Å²) in [7, 11) is 0. The Bertz CT molecular complexity index is 236. The lowest BCUT2D eigenvalue weighted by molar-refractivity contribution is 0.244. The molecule has 0 saturated heterocycles. The van der Waals surface area contributed by atoms with Crippen LogP contribution >= 0.6 is 0 Å². The Labute approximate surface area is 57.3 Å². The summed E-state index contributed by atoms with van der Waals surface area (Å²) in [4.78, 5) is 0. The maximum Gasteiger partial charge on any atom is 0.250 e. The zero-order valence-electron chi connectivity index (χ0n) is 5.14. The lowest BCUT2D eigenvalue weighted by atomic mass is 9.98. The third-order valence-electron chi connectivity index (χ3n) is 1.33. The number of rotatable bonds is 0. The van der Waals surface area contributed by atoms with Crippen LogP contribution in [0.1, 0.15) is 6.42 Å². The van der Waals surface area contributed by atoms with Crippen LogP contribution < -0.4 is 0 Å². The van der Waals surface area contributed by atoms with Crippen LogP contribution in [-0.2, 0) is 0 Å². The lowest BCUT2D eigenvalue weighted by Crippen LogP contribution is -2.21. The van der Waals surface area contributed by atoms with Crippen molar-refractivity contribution in [1.29, 1.82) is 5.26 Å². The summed E-state index contributed by atoms with van der Waals surface area (Å²) >= 11 is 0. The van der Waals surface area contributed by atoms with E-state index < -0.39 is 11.5 Å². The van der Waals surface area contributed by atoms with Gasteiger partial charge >= 0.3 is 0 Å². The number of hydrogen-bond donors (Lipinski definition) is 0. The molecule has 52 valence electrons. The number of alkyl halides is 1. The molecule has 1 atom stereocenters. The number of halogens is 2. The van der Waals surface area contributed by atoms with Crippen molar-refractivity contribution in [3.63, 3.8) is 0 Å². The standard InChI is InChI=1S/C7H5F2N/c8-6-3-1-2-4-7(6,9)5-10/h1-3H,4H2. The summed E-state index contributed by atoms with van der Waals surface area (Å²) in [6, 6.07) is 1.27. The molecule has 0 radical (unpaired) electrons. The molecule has 0 heterocycles. The molecule has 1 aliphatic carbocycles. The monoisotopic (exact) mass is 141 g/mol. The Balaban J connectivity index is 2.95. The van der Waals surface area contributed by atoms with Crippen LogP contribution in [-0.4, -0.2) is 5.67 Å². The van der Waals surface area contributed by atoms with E-state index in [1.54, 1.807) is 0 Å².